The van der Waals surface area contributed by atoms with Gasteiger partial charge in [0.05, 0.1) is 11.2 Å². The molecular weight excluding hydrogens is 370 g/mol. The molecule has 4 rings (SSSR count). The summed E-state index contributed by atoms with van der Waals surface area (Å²) in [7, 11) is -1.84. The Morgan fingerprint density at radius 1 is 1.12 bits per heavy atom. The van der Waals surface area contributed by atoms with E-state index >= 15 is 0 Å². The van der Waals surface area contributed by atoms with Crippen molar-refractivity contribution >= 4 is 21.6 Å². The average molecular weight is 388 g/mol. The number of hydrogen-bond donors (Lipinski definition) is 0. The molecule has 0 amide bonds. The van der Waals surface area contributed by atoms with Crippen LogP contribution < -0.4 is 0 Å². The molecule has 0 saturated heterocycles. The van der Waals surface area contributed by atoms with Gasteiger partial charge in [-0.05, 0) is 28.8 Å². The molecule has 1 unspecified atom stereocenters. The highest BCUT2D eigenvalue weighted by atomic mass is 35.5. The summed E-state index contributed by atoms with van der Waals surface area (Å²) in [4.78, 5) is 0.144. The molecule has 1 aromatic heterocycles. The van der Waals surface area contributed by atoms with Gasteiger partial charge in [0.1, 0.15) is 4.90 Å². The summed E-state index contributed by atoms with van der Waals surface area (Å²) in [5.41, 5.74) is 3.15. The Hall–Kier alpha value is -2.15. The van der Waals surface area contributed by atoms with Crippen LogP contribution >= 0.6 is 11.6 Å². The van der Waals surface area contributed by atoms with Crippen LogP contribution in [0.15, 0.2) is 65.8 Å². The zero-order valence-corrected chi connectivity index (χ0v) is 15.8. The van der Waals surface area contributed by atoms with E-state index in [4.69, 9.17) is 11.6 Å². The molecule has 0 fully saturated rings. The van der Waals surface area contributed by atoms with Crippen molar-refractivity contribution in [2.24, 2.45) is 7.05 Å². The number of sulfonamides is 1. The van der Waals surface area contributed by atoms with E-state index in [0.717, 1.165) is 16.7 Å². The number of benzene rings is 2. The minimum atomic E-state index is -3.70. The van der Waals surface area contributed by atoms with Gasteiger partial charge >= 0.3 is 0 Å². The van der Waals surface area contributed by atoms with Crippen molar-refractivity contribution in [3.8, 4) is 0 Å². The number of nitrogens with zero attached hydrogens (tertiary/aromatic N) is 3. The van der Waals surface area contributed by atoms with Crippen LogP contribution in [0.1, 0.15) is 22.6 Å². The molecule has 5 nitrogen and oxygen atoms in total. The molecule has 0 saturated carbocycles. The number of rotatable bonds is 3. The number of hydrogen-bond acceptors (Lipinski definition) is 3. The topological polar surface area (TPSA) is 55.2 Å². The molecule has 2 aromatic carbocycles. The maximum absolute atomic E-state index is 13.2. The maximum Gasteiger partial charge on any atom is 0.244 e. The van der Waals surface area contributed by atoms with Crippen LogP contribution in [0.4, 0.5) is 0 Å². The van der Waals surface area contributed by atoms with Crippen LogP contribution in [-0.4, -0.2) is 29.0 Å². The summed E-state index contributed by atoms with van der Waals surface area (Å²) in [5, 5.41) is 4.49. The predicted octanol–water partition coefficient (Wildman–Crippen LogP) is 3.41. The van der Waals surface area contributed by atoms with Gasteiger partial charge in [-0.1, -0.05) is 48.0 Å². The molecule has 0 radical (unpaired) electrons. The second-order valence-electron chi connectivity index (χ2n) is 6.43. The largest absolute Gasteiger partial charge is 0.276 e. The van der Waals surface area contributed by atoms with Gasteiger partial charge in [0, 0.05) is 32.3 Å². The molecule has 0 bridgehead atoms. The predicted molar refractivity (Wildman–Crippen MR) is 101 cm³/mol. The van der Waals surface area contributed by atoms with Crippen molar-refractivity contribution in [2.75, 3.05) is 6.54 Å². The Kier molecular flexibility index (Phi) is 4.34. The van der Waals surface area contributed by atoms with E-state index in [9.17, 15) is 8.42 Å². The molecule has 2 heterocycles. The van der Waals surface area contributed by atoms with Crippen molar-refractivity contribution in [1.29, 1.82) is 0 Å². The van der Waals surface area contributed by atoms with Crippen molar-refractivity contribution in [1.82, 2.24) is 14.1 Å². The normalized spacial score (nSPS) is 17.8. The Bertz CT molecular complexity index is 1060. The summed E-state index contributed by atoms with van der Waals surface area (Å²) in [6.07, 6.45) is 3.74. The van der Waals surface area contributed by atoms with E-state index in [1.54, 1.807) is 35.1 Å². The Balaban J connectivity index is 1.79. The fourth-order valence-corrected chi connectivity index (χ4v) is 5.38. The first-order valence-electron chi connectivity index (χ1n) is 8.28. The van der Waals surface area contributed by atoms with Crippen LogP contribution in [0.25, 0.3) is 0 Å². The molecule has 0 N–H and O–H groups in total. The smallest absolute Gasteiger partial charge is 0.244 e. The first kappa shape index (κ1) is 17.3. The Morgan fingerprint density at radius 3 is 2.58 bits per heavy atom. The summed E-state index contributed by atoms with van der Waals surface area (Å²) >= 11 is 6.17. The second kappa shape index (κ2) is 6.54. The highest BCUT2D eigenvalue weighted by Gasteiger charge is 2.35. The zero-order valence-electron chi connectivity index (χ0n) is 14.2. The molecular formula is C19H18ClN3O2S. The molecule has 1 aliphatic heterocycles. The van der Waals surface area contributed by atoms with Crippen molar-refractivity contribution in [2.45, 2.75) is 17.4 Å². The summed E-state index contributed by atoms with van der Waals surface area (Å²) in [6.45, 7) is 0.691. The fraction of sp³-hybridized carbons (Fsp3) is 0.211. The van der Waals surface area contributed by atoms with E-state index < -0.39 is 10.0 Å². The molecule has 134 valence electrons. The third kappa shape index (κ3) is 2.94. The summed E-state index contributed by atoms with van der Waals surface area (Å²) in [6, 6.07) is 14.5. The van der Waals surface area contributed by atoms with Gasteiger partial charge in [-0.25, -0.2) is 8.42 Å². The van der Waals surface area contributed by atoms with E-state index in [0.29, 0.717) is 13.1 Å². The molecule has 0 aliphatic carbocycles. The molecule has 3 aromatic rings. The van der Waals surface area contributed by atoms with Crippen molar-refractivity contribution in [3.63, 3.8) is 0 Å². The van der Waals surface area contributed by atoms with E-state index in [1.165, 1.54) is 4.31 Å². The van der Waals surface area contributed by atoms with E-state index in [2.05, 4.69) is 11.2 Å². The van der Waals surface area contributed by atoms with Crippen LogP contribution in [0.5, 0.6) is 0 Å². The lowest BCUT2D eigenvalue weighted by atomic mass is 9.87. The molecule has 7 heteroatoms. The third-order valence-corrected chi connectivity index (χ3v) is 7.06. The van der Waals surface area contributed by atoms with Gasteiger partial charge in [-0.3, -0.25) is 4.68 Å². The second-order valence-corrected chi connectivity index (χ2v) is 8.74. The van der Waals surface area contributed by atoms with Gasteiger partial charge in [0.25, 0.3) is 0 Å². The van der Waals surface area contributed by atoms with Crippen LogP contribution in [0.3, 0.4) is 0 Å². The molecule has 1 aliphatic rings. The van der Waals surface area contributed by atoms with E-state index in [-0.39, 0.29) is 15.8 Å². The van der Waals surface area contributed by atoms with Crippen molar-refractivity contribution < 1.29 is 8.42 Å². The SMILES string of the molecule is Cn1cc(C2CN(S(=O)(=O)c3ccccc3Cl)Cc3ccccc32)cn1. The first-order valence-corrected chi connectivity index (χ1v) is 10.1. The molecule has 26 heavy (non-hydrogen) atoms. The fourth-order valence-electron chi connectivity index (χ4n) is 3.46. The van der Waals surface area contributed by atoms with Crippen LogP contribution in [0.2, 0.25) is 5.02 Å². The standard InChI is InChI=1S/C19H18ClN3O2S/c1-22-11-15(10-21-22)17-13-23(12-14-6-2-3-7-16(14)17)26(24,25)19-9-5-4-8-18(19)20/h2-11,17H,12-13H2,1H3. The number of halogens is 1. The molecule has 1 atom stereocenters. The lowest BCUT2D eigenvalue weighted by Gasteiger charge is -2.33. The zero-order chi connectivity index (χ0) is 18.3. The van der Waals surface area contributed by atoms with Gasteiger partial charge in [0.15, 0.2) is 0 Å². The summed E-state index contributed by atoms with van der Waals surface area (Å²) < 4.78 is 29.7. The monoisotopic (exact) mass is 387 g/mol. The number of aryl methyl sites for hydroxylation is 1. The summed E-state index contributed by atoms with van der Waals surface area (Å²) in [5.74, 6) is -0.0640. The third-order valence-electron chi connectivity index (χ3n) is 4.75. The lowest BCUT2D eigenvalue weighted by Crippen LogP contribution is -2.38. The maximum atomic E-state index is 13.2. The van der Waals surface area contributed by atoms with Gasteiger partial charge in [-0.15, -0.1) is 0 Å². The Labute approximate surface area is 157 Å². The van der Waals surface area contributed by atoms with Gasteiger partial charge < -0.3 is 0 Å². The highest BCUT2D eigenvalue weighted by Crippen LogP contribution is 2.36. The number of fused-ring (bicyclic) bond motifs is 1. The van der Waals surface area contributed by atoms with Crippen LogP contribution in [-0.2, 0) is 23.6 Å². The number of aromatic nitrogens is 2. The van der Waals surface area contributed by atoms with Gasteiger partial charge in [-0.2, -0.15) is 9.40 Å². The van der Waals surface area contributed by atoms with Gasteiger partial charge in [0.2, 0.25) is 10.0 Å². The minimum Gasteiger partial charge on any atom is -0.276 e. The minimum absolute atomic E-state index is 0.0640. The van der Waals surface area contributed by atoms with E-state index in [1.807, 2.05) is 31.4 Å². The Morgan fingerprint density at radius 2 is 1.85 bits per heavy atom. The van der Waals surface area contributed by atoms with Crippen molar-refractivity contribution in [3.05, 3.63) is 82.6 Å². The average Bonchev–Trinajstić information content (AvgIpc) is 3.07. The molecule has 0 spiro atoms. The highest BCUT2D eigenvalue weighted by molar-refractivity contribution is 7.89. The lowest BCUT2D eigenvalue weighted by molar-refractivity contribution is 0.371. The van der Waals surface area contributed by atoms with Crippen LogP contribution in [0, 0.1) is 0 Å². The first-order chi connectivity index (χ1) is 12.5. The quantitative estimate of drug-likeness (QED) is 0.692.